The molecule has 0 atom stereocenters. The number of likely N-dealkylation sites (tertiary alicyclic amines) is 1. The highest BCUT2D eigenvalue weighted by Crippen LogP contribution is 2.24. The molecule has 0 saturated carbocycles. The van der Waals surface area contributed by atoms with E-state index in [2.05, 4.69) is 10.3 Å². The molecule has 6 heteroatoms. The smallest absolute Gasteiger partial charge is 0.274 e. The summed E-state index contributed by atoms with van der Waals surface area (Å²) >= 11 is 5.90. The maximum Gasteiger partial charge on any atom is 0.274 e. The number of aryl methyl sites for hydroxylation is 1. The summed E-state index contributed by atoms with van der Waals surface area (Å²) in [6, 6.07) is 8.52. The molecule has 124 valence electrons. The monoisotopic (exact) mass is 343 g/mol. The molecule has 2 aromatic rings. The Kier molecular flexibility index (Phi) is 4.81. The minimum Gasteiger partial charge on any atom is -0.339 e. The Morgan fingerprint density at radius 3 is 2.67 bits per heavy atom. The van der Waals surface area contributed by atoms with Crippen LogP contribution in [0.15, 0.2) is 36.5 Å². The number of hydrogen-bond acceptors (Lipinski definition) is 3. The van der Waals surface area contributed by atoms with Gasteiger partial charge in [-0.2, -0.15) is 0 Å². The number of nitrogens with one attached hydrogen (secondary N) is 1. The summed E-state index contributed by atoms with van der Waals surface area (Å²) in [5, 5.41) is 3.23. The number of benzene rings is 1. The SMILES string of the molecule is Cc1cccc(NC(=O)c2cc(Cl)ccn2)c1C(=O)N1CCCC1. The lowest BCUT2D eigenvalue weighted by Gasteiger charge is -2.19. The standard InChI is InChI=1S/C18H18ClN3O2/c1-12-5-4-6-14(16(12)18(24)22-9-2-3-10-22)21-17(23)15-11-13(19)7-8-20-15/h4-8,11H,2-3,9-10H2,1H3,(H,21,23). The van der Waals surface area contributed by atoms with Gasteiger partial charge < -0.3 is 10.2 Å². The van der Waals surface area contributed by atoms with Gasteiger partial charge in [-0.15, -0.1) is 0 Å². The Labute approximate surface area is 145 Å². The molecule has 1 N–H and O–H groups in total. The van der Waals surface area contributed by atoms with E-state index in [-0.39, 0.29) is 11.6 Å². The van der Waals surface area contributed by atoms with Crippen molar-refractivity contribution in [2.45, 2.75) is 19.8 Å². The molecule has 1 aromatic heterocycles. The fourth-order valence-corrected chi connectivity index (χ4v) is 3.01. The summed E-state index contributed by atoms with van der Waals surface area (Å²) in [6.07, 6.45) is 3.52. The highest BCUT2D eigenvalue weighted by Gasteiger charge is 2.24. The Morgan fingerprint density at radius 2 is 1.96 bits per heavy atom. The second kappa shape index (κ2) is 7.01. The van der Waals surface area contributed by atoms with Crippen molar-refractivity contribution < 1.29 is 9.59 Å². The predicted molar refractivity (Wildman–Crippen MR) is 93.5 cm³/mol. The van der Waals surface area contributed by atoms with Crippen LogP contribution in [0.4, 0.5) is 5.69 Å². The number of carbonyl (C=O) groups is 2. The zero-order chi connectivity index (χ0) is 17.1. The normalized spacial score (nSPS) is 13.8. The van der Waals surface area contributed by atoms with Crippen LogP contribution in [0.25, 0.3) is 0 Å². The Morgan fingerprint density at radius 1 is 1.21 bits per heavy atom. The molecular formula is C18H18ClN3O2. The van der Waals surface area contributed by atoms with Crippen LogP contribution in [0.5, 0.6) is 0 Å². The van der Waals surface area contributed by atoms with Crippen molar-refractivity contribution in [3.63, 3.8) is 0 Å². The van der Waals surface area contributed by atoms with Crippen LogP contribution in [0.2, 0.25) is 5.02 Å². The van der Waals surface area contributed by atoms with Gasteiger partial charge in [0.1, 0.15) is 5.69 Å². The van der Waals surface area contributed by atoms with Crippen molar-refractivity contribution in [3.05, 3.63) is 58.4 Å². The quantitative estimate of drug-likeness (QED) is 0.927. The maximum atomic E-state index is 12.8. The number of rotatable bonds is 3. The summed E-state index contributed by atoms with van der Waals surface area (Å²) in [5.74, 6) is -0.432. The van der Waals surface area contributed by atoms with Gasteiger partial charge in [0.25, 0.3) is 11.8 Å². The van der Waals surface area contributed by atoms with Gasteiger partial charge in [-0.05, 0) is 43.5 Å². The lowest BCUT2D eigenvalue weighted by Crippen LogP contribution is -2.29. The fraction of sp³-hybridized carbons (Fsp3) is 0.278. The van der Waals surface area contributed by atoms with Crippen molar-refractivity contribution in [2.24, 2.45) is 0 Å². The molecule has 1 fully saturated rings. The summed E-state index contributed by atoms with van der Waals surface area (Å²) in [4.78, 5) is 31.1. The molecule has 0 radical (unpaired) electrons. The highest BCUT2D eigenvalue weighted by atomic mass is 35.5. The maximum absolute atomic E-state index is 12.8. The van der Waals surface area contributed by atoms with Gasteiger partial charge in [-0.1, -0.05) is 23.7 Å². The zero-order valence-electron chi connectivity index (χ0n) is 13.4. The second-order valence-corrected chi connectivity index (χ2v) is 6.25. The van der Waals surface area contributed by atoms with E-state index in [4.69, 9.17) is 11.6 Å². The molecule has 0 aliphatic carbocycles. The van der Waals surface area contributed by atoms with Crippen LogP contribution in [-0.4, -0.2) is 34.8 Å². The van der Waals surface area contributed by atoms with Gasteiger partial charge >= 0.3 is 0 Å². The number of hydrogen-bond donors (Lipinski definition) is 1. The average molecular weight is 344 g/mol. The van der Waals surface area contributed by atoms with E-state index in [0.29, 0.717) is 16.3 Å². The van der Waals surface area contributed by atoms with E-state index >= 15 is 0 Å². The number of pyridine rings is 1. The number of amides is 2. The molecule has 1 saturated heterocycles. The molecule has 2 heterocycles. The molecule has 3 rings (SSSR count). The first kappa shape index (κ1) is 16.5. The molecule has 0 unspecified atom stereocenters. The van der Waals surface area contributed by atoms with Gasteiger partial charge in [0, 0.05) is 24.3 Å². The molecule has 24 heavy (non-hydrogen) atoms. The fourth-order valence-electron chi connectivity index (χ4n) is 2.85. The highest BCUT2D eigenvalue weighted by molar-refractivity contribution is 6.31. The molecule has 1 aromatic carbocycles. The second-order valence-electron chi connectivity index (χ2n) is 5.81. The lowest BCUT2D eigenvalue weighted by atomic mass is 10.0. The average Bonchev–Trinajstić information content (AvgIpc) is 3.09. The molecule has 0 bridgehead atoms. The van der Waals surface area contributed by atoms with Gasteiger partial charge in [0.2, 0.25) is 0 Å². The van der Waals surface area contributed by atoms with Crippen molar-refractivity contribution in [2.75, 3.05) is 18.4 Å². The summed E-state index contributed by atoms with van der Waals surface area (Å²) in [7, 11) is 0. The first-order chi connectivity index (χ1) is 11.6. The Hall–Kier alpha value is -2.40. The first-order valence-corrected chi connectivity index (χ1v) is 8.26. The molecular weight excluding hydrogens is 326 g/mol. The van der Waals surface area contributed by atoms with Crippen LogP contribution in [0.3, 0.4) is 0 Å². The molecule has 5 nitrogen and oxygen atoms in total. The van der Waals surface area contributed by atoms with Gasteiger partial charge in [-0.25, -0.2) is 0 Å². The summed E-state index contributed by atoms with van der Waals surface area (Å²) in [5.41, 5.74) is 2.08. The summed E-state index contributed by atoms with van der Waals surface area (Å²) < 4.78 is 0. The van der Waals surface area contributed by atoms with Crippen LogP contribution < -0.4 is 5.32 Å². The van der Waals surface area contributed by atoms with Crippen molar-refractivity contribution >= 4 is 29.1 Å². The number of carbonyl (C=O) groups excluding carboxylic acids is 2. The third kappa shape index (κ3) is 3.41. The van der Waals surface area contributed by atoms with Gasteiger partial charge in [0.15, 0.2) is 0 Å². The lowest BCUT2D eigenvalue weighted by molar-refractivity contribution is 0.0793. The van der Waals surface area contributed by atoms with Crippen LogP contribution >= 0.6 is 11.6 Å². The van der Waals surface area contributed by atoms with E-state index in [1.54, 1.807) is 12.1 Å². The molecule has 2 amide bonds. The predicted octanol–water partition coefficient (Wildman–Crippen LogP) is 3.53. The van der Waals surface area contributed by atoms with E-state index in [1.165, 1.54) is 12.3 Å². The number of anilines is 1. The van der Waals surface area contributed by atoms with E-state index in [0.717, 1.165) is 31.5 Å². The van der Waals surface area contributed by atoms with E-state index in [1.807, 2.05) is 24.0 Å². The van der Waals surface area contributed by atoms with E-state index < -0.39 is 5.91 Å². The molecule has 1 aliphatic heterocycles. The van der Waals surface area contributed by atoms with Crippen LogP contribution in [0, 0.1) is 6.92 Å². The van der Waals surface area contributed by atoms with Crippen molar-refractivity contribution in [3.8, 4) is 0 Å². The van der Waals surface area contributed by atoms with Gasteiger partial charge in [0.05, 0.1) is 11.3 Å². The van der Waals surface area contributed by atoms with Crippen LogP contribution in [0.1, 0.15) is 39.3 Å². The number of aromatic nitrogens is 1. The Bertz CT molecular complexity index is 786. The molecule has 1 aliphatic rings. The largest absolute Gasteiger partial charge is 0.339 e. The first-order valence-electron chi connectivity index (χ1n) is 7.88. The minimum absolute atomic E-state index is 0.0417. The number of halogens is 1. The Balaban J connectivity index is 1.89. The number of nitrogens with zero attached hydrogens (tertiary/aromatic N) is 2. The third-order valence-corrected chi connectivity index (χ3v) is 4.32. The van der Waals surface area contributed by atoms with Crippen molar-refractivity contribution in [1.82, 2.24) is 9.88 Å². The topological polar surface area (TPSA) is 62.3 Å². The third-order valence-electron chi connectivity index (χ3n) is 4.08. The zero-order valence-corrected chi connectivity index (χ0v) is 14.1. The summed E-state index contributed by atoms with van der Waals surface area (Å²) in [6.45, 7) is 3.39. The van der Waals surface area contributed by atoms with Crippen molar-refractivity contribution in [1.29, 1.82) is 0 Å². The van der Waals surface area contributed by atoms with E-state index in [9.17, 15) is 9.59 Å². The molecule has 0 spiro atoms. The van der Waals surface area contributed by atoms with Crippen LogP contribution in [-0.2, 0) is 0 Å². The van der Waals surface area contributed by atoms with Gasteiger partial charge in [-0.3, -0.25) is 14.6 Å². The minimum atomic E-state index is -0.390.